The van der Waals surface area contributed by atoms with E-state index in [1.165, 1.54) is 47.9 Å². The third-order valence-electron chi connectivity index (χ3n) is 4.75. The SMILES string of the molecule is c1cc(C[C@@H]2CCCCN2)cc(-c2cnc3ccccc3c2)c1. The molecule has 0 aliphatic carbocycles. The van der Waals surface area contributed by atoms with Crippen LogP contribution < -0.4 is 5.32 Å². The molecule has 0 saturated carbocycles. The van der Waals surface area contributed by atoms with Crippen LogP contribution in [-0.4, -0.2) is 17.6 Å². The monoisotopic (exact) mass is 302 g/mol. The summed E-state index contributed by atoms with van der Waals surface area (Å²) in [7, 11) is 0. The predicted molar refractivity (Wildman–Crippen MR) is 96.5 cm³/mol. The van der Waals surface area contributed by atoms with Gasteiger partial charge < -0.3 is 5.32 Å². The maximum absolute atomic E-state index is 4.59. The van der Waals surface area contributed by atoms with Crippen LogP contribution in [0.15, 0.2) is 60.8 Å². The van der Waals surface area contributed by atoms with Crippen molar-refractivity contribution in [2.45, 2.75) is 31.7 Å². The van der Waals surface area contributed by atoms with Gasteiger partial charge in [-0.05, 0) is 49.1 Å². The third kappa shape index (κ3) is 3.27. The Bertz CT molecular complexity index is 804. The van der Waals surface area contributed by atoms with Gasteiger partial charge in [0.25, 0.3) is 0 Å². The van der Waals surface area contributed by atoms with E-state index >= 15 is 0 Å². The summed E-state index contributed by atoms with van der Waals surface area (Å²) in [4.78, 5) is 4.59. The first-order valence-corrected chi connectivity index (χ1v) is 8.56. The van der Waals surface area contributed by atoms with E-state index in [0.29, 0.717) is 6.04 Å². The number of hydrogen-bond donors (Lipinski definition) is 1. The van der Waals surface area contributed by atoms with Crippen LogP contribution in [0.2, 0.25) is 0 Å². The molecule has 1 N–H and O–H groups in total. The molecule has 2 aromatic carbocycles. The summed E-state index contributed by atoms with van der Waals surface area (Å²) in [6, 6.07) is 20.1. The molecule has 3 aromatic rings. The molecular weight excluding hydrogens is 280 g/mol. The van der Waals surface area contributed by atoms with Gasteiger partial charge in [0.15, 0.2) is 0 Å². The first kappa shape index (κ1) is 14.4. The van der Waals surface area contributed by atoms with Crippen LogP contribution in [0.1, 0.15) is 24.8 Å². The van der Waals surface area contributed by atoms with Gasteiger partial charge in [-0.15, -0.1) is 0 Å². The van der Waals surface area contributed by atoms with Crippen molar-refractivity contribution < 1.29 is 0 Å². The average Bonchev–Trinajstić information content (AvgIpc) is 2.62. The zero-order chi connectivity index (χ0) is 15.5. The molecular formula is C21H22N2. The lowest BCUT2D eigenvalue weighted by molar-refractivity contribution is 0.399. The quantitative estimate of drug-likeness (QED) is 0.765. The van der Waals surface area contributed by atoms with Crippen LogP contribution in [0, 0.1) is 0 Å². The van der Waals surface area contributed by atoms with Crippen molar-refractivity contribution in [3.05, 3.63) is 66.4 Å². The Hall–Kier alpha value is -2.19. The van der Waals surface area contributed by atoms with Crippen molar-refractivity contribution in [1.29, 1.82) is 0 Å². The number of aromatic nitrogens is 1. The highest BCUT2D eigenvalue weighted by Crippen LogP contribution is 2.24. The van der Waals surface area contributed by atoms with Gasteiger partial charge in [-0.25, -0.2) is 0 Å². The number of rotatable bonds is 3. The third-order valence-corrected chi connectivity index (χ3v) is 4.75. The second kappa shape index (κ2) is 6.51. The molecule has 4 rings (SSSR count). The number of nitrogens with one attached hydrogen (secondary N) is 1. The maximum Gasteiger partial charge on any atom is 0.0702 e. The molecule has 1 aliphatic rings. The van der Waals surface area contributed by atoms with E-state index in [0.717, 1.165) is 11.9 Å². The van der Waals surface area contributed by atoms with Gasteiger partial charge in [-0.3, -0.25) is 4.98 Å². The van der Waals surface area contributed by atoms with Crippen LogP contribution in [-0.2, 0) is 6.42 Å². The van der Waals surface area contributed by atoms with Crippen LogP contribution in [0.3, 0.4) is 0 Å². The minimum absolute atomic E-state index is 0.633. The summed E-state index contributed by atoms with van der Waals surface area (Å²) in [5.41, 5.74) is 4.92. The minimum Gasteiger partial charge on any atom is -0.314 e. The number of fused-ring (bicyclic) bond motifs is 1. The van der Waals surface area contributed by atoms with Crippen LogP contribution in [0.25, 0.3) is 22.0 Å². The summed E-state index contributed by atoms with van der Waals surface area (Å²) < 4.78 is 0. The minimum atomic E-state index is 0.633. The first-order chi connectivity index (χ1) is 11.4. The summed E-state index contributed by atoms with van der Waals surface area (Å²) >= 11 is 0. The fourth-order valence-electron chi connectivity index (χ4n) is 3.49. The number of benzene rings is 2. The molecule has 2 heterocycles. The van der Waals surface area contributed by atoms with Gasteiger partial charge in [-0.2, -0.15) is 0 Å². The molecule has 0 amide bonds. The van der Waals surface area contributed by atoms with E-state index in [2.05, 4.69) is 58.8 Å². The zero-order valence-corrected chi connectivity index (χ0v) is 13.3. The van der Waals surface area contributed by atoms with Crippen LogP contribution >= 0.6 is 0 Å². The Labute approximate surface area is 137 Å². The summed E-state index contributed by atoms with van der Waals surface area (Å²) in [5.74, 6) is 0. The summed E-state index contributed by atoms with van der Waals surface area (Å²) in [5, 5.41) is 4.84. The smallest absolute Gasteiger partial charge is 0.0702 e. The second-order valence-electron chi connectivity index (χ2n) is 6.47. The summed E-state index contributed by atoms with van der Waals surface area (Å²) in [6.07, 6.45) is 7.07. The lowest BCUT2D eigenvalue weighted by atomic mass is 9.95. The van der Waals surface area contributed by atoms with Gasteiger partial charge in [-0.1, -0.05) is 48.9 Å². The van der Waals surface area contributed by atoms with Gasteiger partial charge in [0.2, 0.25) is 0 Å². The van der Waals surface area contributed by atoms with Crippen molar-refractivity contribution in [2.24, 2.45) is 0 Å². The molecule has 1 fully saturated rings. The molecule has 2 nitrogen and oxygen atoms in total. The number of piperidine rings is 1. The fourth-order valence-corrected chi connectivity index (χ4v) is 3.49. The van der Waals surface area contributed by atoms with Crippen LogP contribution in [0.4, 0.5) is 0 Å². The lowest BCUT2D eigenvalue weighted by Crippen LogP contribution is -2.35. The second-order valence-corrected chi connectivity index (χ2v) is 6.47. The highest BCUT2D eigenvalue weighted by Gasteiger charge is 2.13. The van der Waals surface area contributed by atoms with Crippen molar-refractivity contribution in [1.82, 2.24) is 10.3 Å². The Morgan fingerprint density at radius 2 is 1.91 bits per heavy atom. The molecule has 116 valence electrons. The molecule has 0 spiro atoms. The molecule has 0 unspecified atom stereocenters. The topological polar surface area (TPSA) is 24.9 Å². The van der Waals surface area contributed by atoms with E-state index in [4.69, 9.17) is 0 Å². The normalized spacial score (nSPS) is 18.2. The Morgan fingerprint density at radius 1 is 0.957 bits per heavy atom. The zero-order valence-electron chi connectivity index (χ0n) is 13.3. The average molecular weight is 302 g/mol. The summed E-state index contributed by atoms with van der Waals surface area (Å²) in [6.45, 7) is 1.17. The maximum atomic E-state index is 4.59. The van der Waals surface area contributed by atoms with E-state index in [9.17, 15) is 0 Å². The van der Waals surface area contributed by atoms with E-state index < -0.39 is 0 Å². The van der Waals surface area contributed by atoms with Gasteiger partial charge in [0.1, 0.15) is 0 Å². The van der Waals surface area contributed by atoms with Gasteiger partial charge >= 0.3 is 0 Å². The lowest BCUT2D eigenvalue weighted by Gasteiger charge is -2.23. The number of para-hydroxylation sites is 1. The van der Waals surface area contributed by atoms with Crippen LogP contribution in [0.5, 0.6) is 0 Å². The highest BCUT2D eigenvalue weighted by molar-refractivity contribution is 5.83. The van der Waals surface area contributed by atoms with Crippen molar-refractivity contribution in [3.63, 3.8) is 0 Å². The predicted octanol–water partition coefficient (Wildman–Crippen LogP) is 4.59. The molecule has 1 aromatic heterocycles. The van der Waals surface area contributed by atoms with Gasteiger partial charge in [0, 0.05) is 23.2 Å². The molecule has 0 bridgehead atoms. The Kier molecular flexibility index (Phi) is 4.08. The largest absolute Gasteiger partial charge is 0.314 e. The number of hydrogen-bond acceptors (Lipinski definition) is 2. The first-order valence-electron chi connectivity index (χ1n) is 8.56. The molecule has 1 aliphatic heterocycles. The van der Waals surface area contributed by atoms with E-state index in [1.54, 1.807) is 0 Å². The van der Waals surface area contributed by atoms with Crippen molar-refractivity contribution >= 4 is 10.9 Å². The Balaban J connectivity index is 1.61. The number of pyridine rings is 1. The van der Waals surface area contributed by atoms with E-state index in [-0.39, 0.29) is 0 Å². The van der Waals surface area contributed by atoms with E-state index in [1.807, 2.05) is 12.3 Å². The highest BCUT2D eigenvalue weighted by atomic mass is 14.9. The molecule has 0 radical (unpaired) electrons. The molecule has 1 atom stereocenters. The molecule has 2 heteroatoms. The molecule has 1 saturated heterocycles. The van der Waals surface area contributed by atoms with Gasteiger partial charge in [0.05, 0.1) is 5.52 Å². The van der Waals surface area contributed by atoms with Crippen molar-refractivity contribution in [2.75, 3.05) is 6.54 Å². The standard InChI is InChI=1S/C21H22N2/c1-2-10-21-18(7-1)14-19(15-23-21)17-8-5-6-16(12-17)13-20-9-3-4-11-22-20/h1-2,5-8,10,12,14-15,20,22H,3-4,9,11,13H2/t20-/m0/s1. The van der Waals surface area contributed by atoms with Crippen molar-refractivity contribution in [3.8, 4) is 11.1 Å². The number of nitrogens with zero attached hydrogens (tertiary/aromatic N) is 1. The Morgan fingerprint density at radius 3 is 2.83 bits per heavy atom. The fraction of sp³-hybridized carbons (Fsp3) is 0.286. The molecule has 23 heavy (non-hydrogen) atoms.